The number of aromatic nitrogens is 2. The van der Waals surface area contributed by atoms with E-state index in [1.165, 1.54) is 37.9 Å². The molecule has 5 heteroatoms. The van der Waals surface area contributed by atoms with Crippen LogP contribution in [0.3, 0.4) is 0 Å². The summed E-state index contributed by atoms with van der Waals surface area (Å²) in [5.74, 6) is 2.01. The summed E-state index contributed by atoms with van der Waals surface area (Å²) in [6, 6.07) is 3.23. The Morgan fingerprint density at radius 3 is 3.00 bits per heavy atom. The Labute approximate surface area is 135 Å². The summed E-state index contributed by atoms with van der Waals surface area (Å²) in [5, 5.41) is 3.15. The average molecular weight is 315 g/mol. The van der Waals surface area contributed by atoms with Crippen molar-refractivity contribution in [3.63, 3.8) is 0 Å². The zero-order chi connectivity index (χ0) is 16.0. The van der Waals surface area contributed by atoms with Crippen LogP contribution in [0.4, 0.5) is 4.39 Å². The van der Waals surface area contributed by atoms with Crippen molar-refractivity contribution in [2.45, 2.75) is 45.1 Å². The van der Waals surface area contributed by atoms with Gasteiger partial charge in [0.25, 0.3) is 0 Å². The highest BCUT2D eigenvalue weighted by Crippen LogP contribution is 2.49. The van der Waals surface area contributed by atoms with Gasteiger partial charge in [-0.15, -0.1) is 0 Å². The SMILES string of the molecule is CC(NC(=O)Cc1cn2cc(F)ccc2n1)C1CC2CCC1C2. The zero-order valence-electron chi connectivity index (χ0n) is 13.3. The van der Waals surface area contributed by atoms with Gasteiger partial charge in [-0.25, -0.2) is 9.37 Å². The number of carbonyl (C=O) groups excluding carboxylic acids is 1. The molecule has 0 saturated heterocycles. The lowest BCUT2D eigenvalue weighted by atomic mass is 9.84. The second kappa shape index (κ2) is 5.62. The number of fused-ring (bicyclic) bond motifs is 3. The monoisotopic (exact) mass is 315 g/mol. The Balaban J connectivity index is 1.39. The van der Waals surface area contributed by atoms with Crippen molar-refractivity contribution in [3.8, 4) is 0 Å². The van der Waals surface area contributed by atoms with E-state index in [1.807, 2.05) is 0 Å². The lowest BCUT2D eigenvalue weighted by molar-refractivity contribution is -0.121. The van der Waals surface area contributed by atoms with Gasteiger partial charge in [0.1, 0.15) is 11.5 Å². The maximum Gasteiger partial charge on any atom is 0.226 e. The minimum atomic E-state index is -0.309. The van der Waals surface area contributed by atoms with Gasteiger partial charge in [0.2, 0.25) is 5.91 Å². The first-order valence-electron chi connectivity index (χ1n) is 8.51. The Hall–Kier alpha value is -1.91. The van der Waals surface area contributed by atoms with Crippen LogP contribution in [0.25, 0.3) is 5.65 Å². The molecule has 4 unspecified atom stereocenters. The van der Waals surface area contributed by atoms with Crippen LogP contribution in [0.15, 0.2) is 24.5 Å². The fraction of sp³-hybridized carbons (Fsp3) is 0.556. The molecule has 4 atom stereocenters. The molecule has 2 aromatic heterocycles. The van der Waals surface area contributed by atoms with Gasteiger partial charge in [-0.05, 0) is 56.1 Å². The molecule has 1 amide bonds. The first kappa shape index (κ1) is 14.7. The van der Waals surface area contributed by atoms with E-state index in [2.05, 4.69) is 17.2 Å². The molecular weight excluding hydrogens is 293 g/mol. The number of halogens is 1. The van der Waals surface area contributed by atoms with Gasteiger partial charge in [-0.2, -0.15) is 0 Å². The van der Waals surface area contributed by atoms with Crippen molar-refractivity contribution in [1.29, 1.82) is 0 Å². The van der Waals surface area contributed by atoms with Crippen LogP contribution in [0.2, 0.25) is 0 Å². The molecule has 4 rings (SSSR count). The van der Waals surface area contributed by atoms with Crippen molar-refractivity contribution in [3.05, 3.63) is 36.0 Å². The predicted octanol–water partition coefficient (Wildman–Crippen LogP) is 2.96. The third-order valence-corrected chi connectivity index (χ3v) is 5.63. The first-order valence-corrected chi connectivity index (χ1v) is 8.51. The zero-order valence-corrected chi connectivity index (χ0v) is 13.3. The summed E-state index contributed by atoms with van der Waals surface area (Å²) < 4.78 is 14.8. The second-order valence-electron chi connectivity index (χ2n) is 7.22. The van der Waals surface area contributed by atoms with E-state index in [1.54, 1.807) is 16.7 Å². The molecule has 0 spiro atoms. The molecule has 2 aromatic rings. The lowest BCUT2D eigenvalue weighted by Crippen LogP contribution is -2.40. The normalized spacial score (nSPS) is 27.5. The molecular formula is C18H22FN3O. The van der Waals surface area contributed by atoms with Gasteiger partial charge in [0, 0.05) is 18.4 Å². The van der Waals surface area contributed by atoms with Gasteiger partial charge in [0.15, 0.2) is 0 Å². The molecule has 23 heavy (non-hydrogen) atoms. The average Bonchev–Trinajstić information content (AvgIpc) is 3.20. The van der Waals surface area contributed by atoms with Crippen LogP contribution < -0.4 is 5.32 Å². The highest BCUT2D eigenvalue weighted by Gasteiger charge is 2.42. The lowest BCUT2D eigenvalue weighted by Gasteiger charge is -2.28. The van der Waals surface area contributed by atoms with Crippen molar-refractivity contribution in [2.75, 3.05) is 0 Å². The number of rotatable bonds is 4. The van der Waals surface area contributed by atoms with E-state index in [0.29, 0.717) is 17.3 Å². The van der Waals surface area contributed by atoms with E-state index in [4.69, 9.17) is 0 Å². The maximum atomic E-state index is 13.2. The number of nitrogens with one attached hydrogen (secondary N) is 1. The number of hydrogen-bond donors (Lipinski definition) is 1. The van der Waals surface area contributed by atoms with Crippen molar-refractivity contribution in [1.82, 2.24) is 14.7 Å². The molecule has 2 fully saturated rings. The van der Waals surface area contributed by atoms with Crippen molar-refractivity contribution < 1.29 is 9.18 Å². The summed E-state index contributed by atoms with van der Waals surface area (Å²) in [4.78, 5) is 16.7. The number of imidazole rings is 1. The van der Waals surface area contributed by atoms with Crippen LogP contribution >= 0.6 is 0 Å². The van der Waals surface area contributed by atoms with Crippen LogP contribution in [0, 0.1) is 23.6 Å². The smallest absolute Gasteiger partial charge is 0.226 e. The van der Waals surface area contributed by atoms with Crippen LogP contribution in [0.1, 0.15) is 38.3 Å². The summed E-state index contributed by atoms with van der Waals surface area (Å²) >= 11 is 0. The van der Waals surface area contributed by atoms with E-state index in [9.17, 15) is 9.18 Å². The molecule has 1 N–H and O–H groups in total. The molecule has 0 radical (unpaired) electrons. The maximum absolute atomic E-state index is 13.2. The van der Waals surface area contributed by atoms with Crippen LogP contribution in [-0.2, 0) is 11.2 Å². The quantitative estimate of drug-likeness (QED) is 0.943. The number of pyridine rings is 1. The fourth-order valence-corrected chi connectivity index (χ4v) is 4.59. The molecule has 2 aliphatic carbocycles. The second-order valence-corrected chi connectivity index (χ2v) is 7.22. The highest BCUT2D eigenvalue weighted by molar-refractivity contribution is 5.78. The topological polar surface area (TPSA) is 46.4 Å². The van der Waals surface area contributed by atoms with Crippen molar-refractivity contribution >= 4 is 11.6 Å². The predicted molar refractivity (Wildman–Crippen MR) is 85.4 cm³/mol. The van der Waals surface area contributed by atoms with Crippen LogP contribution in [-0.4, -0.2) is 21.3 Å². The highest BCUT2D eigenvalue weighted by atomic mass is 19.1. The summed E-state index contributed by atoms with van der Waals surface area (Å²) in [6.45, 7) is 2.13. The Kier molecular flexibility index (Phi) is 3.58. The number of carbonyl (C=O) groups is 1. The van der Waals surface area contributed by atoms with E-state index < -0.39 is 0 Å². The third-order valence-electron chi connectivity index (χ3n) is 5.63. The summed E-state index contributed by atoms with van der Waals surface area (Å²) in [7, 11) is 0. The Bertz CT molecular complexity index is 741. The molecule has 2 saturated carbocycles. The fourth-order valence-electron chi connectivity index (χ4n) is 4.59. The molecule has 2 heterocycles. The number of amides is 1. The van der Waals surface area contributed by atoms with Gasteiger partial charge >= 0.3 is 0 Å². The Morgan fingerprint density at radius 1 is 1.39 bits per heavy atom. The summed E-state index contributed by atoms with van der Waals surface area (Å²) in [6.07, 6.45) is 8.66. The van der Waals surface area contributed by atoms with E-state index >= 15 is 0 Å². The number of nitrogens with zero attached hydrogens (tertiary/aromatic N) is 2. The van der Waals surface area contributed by atoms with Gasteiger partial charge in [0.05, 0.1) is 12.1 Å². The first-order chi connectivity index (χ1) is 11.1. The molecule has 122 valence electrons. The minimum Gasteiger partial charge on any atom is -0.353 e. The molecule has 2 bridgehead atoms. The van der Waals surface area contributed by atoms with Crippen molar-refractivity contribution in [2.24, 2.45) is 17.8 Å². The largest absolute Gasteiger partial charge is 0.353 e. The van der Waals surface area contributed by atoms with Gasteiger partial charge in [-0.1, -0.05) is 6.42 Å². The number of hydrogen-bond acceptors (Lipinski definition) is 2. The standard InChI is InChI=1S/C18H22FN3O/c1-11(16-7-12-2-3-13(16)6-12)20-18(23)8-15-10-22-9-14(19)4-5-17(22)21-15/h4-5,9-13,16H,2-3,6-8H2,1H3,(H,20,23). The third kappa shape index (κ3) is 2.84. The summed E-state index contributed by atoms with van der Waals surface area (Å²) in [5.41, 5.74) is 1.34. The molecule has 2 aliphatic rings. The van der Waals surface area contributed by atoms with E-state index in [-0.39, 0.29) is 24.2 Å². The van der Waals surface area contributed by atoms with Gasteiger partial charge in [-0.3, -0.25) is 4.79 Å². The Morgan fingerprint density at radius 2 is 2.26 bits per heavy atom. The molecule has 4 nitrogen and oxygen atoms in total. The molecule has 0 aliphatic heterocycles. The van der Waals surface area contributed by atoms with Crippen LogP contribution in [0.5, 0.6) is 0 Å². The minimum absolute atomic E-state index is 0.00384. The molecule has 0 aromatic carbocycles. The van der Waals surface area contributed by atoms with Gasteiger partial charge < -0.3 is 9.72 Å². The van der Waals surface area contributed by atoms with E-state index in [0.717, 1.165) is 11.8 Å².